The van der Waals surface area contributed by atoms with E-state index in [-0.39, 0.29) is 0 Å². The van der Waals surface area contributed by atoms with Crippen LogP contribution >= 0.6 is 0 Å². The van der Waals surface area contributed by atoms with E-state index in [9.17, 15) is 0 Å². The predicted octanol–water partition coefficient (Wildman–Crippen LogP) is 1.83. The van der Waals surface area contributed by atoms with Gasteiger partial charge in [-0.3, -0.25) is 9.67 Å². The summed E-state index contributed by atoms with van der Waals surface area (Å²) in [7, 11) is 1.98. The smallest absolute Gasteiger partial charge is 0.193 e. The first-order valence-corrected chi connectivity index (χ1v) is 8.19. The SMILES string of the molecule is CCNC(=NCC1CC1C)N1CCC(c2cnn(C)c2)C1. The molecule has 1 saturated carbocycles. The van der Waals surface area contributed by atoms with Crippen molar-refractivity contribution in [3.63, 3.8) is 0 Å². The van der Waals surface area contributed by atoms with Crippen molar-refractivity contribution in [2.24, 2.45) is 23.9 Å². The van der Waals surface area contributed by atoms with Crippen molar-refractivity contribution in [1.82, 2.24) is 20.0 Å². The van der Waals surface area contributed by atoms with Crippen LogP contribution in [0.15, 0.2) is 17.4 Å². The number of aromatic nitrogens is 2. The van der Waals surface area contributed by atoms with Crippen LogP contribution in [0.25, 0.3) is 0 Å². The van der Waals surface area contributed by atoms with Crippen LogP contribution in [0.3, 0.4) is 0 Å². The maximum Gasteiger partial charge on any atom is 0.193 e. The Bertz CT molecular complexity index is 507. The Morgan fingerprint density at radius 1 is 1.52 bits per heavy atom. The molecule has 1 aromatic rings. The minimum atomic E-state index is 0.586. The van der Waals surface area contributed by atoms with Gasteiger partial charge >= 0.3 is 0 Å². The molecule has 2 heterocycles. The van der Waals surface area contributed by atoms with Crippen molar-refractivity contribution in [3.05, 3.63) is 18.0 Å². The first kappa shape index (κ1) is 14.4. The molecule has 3 unspecified atom stereocenters. The summed E-state index contributed by atoms with van der Waals surface area (Å²) in [6.07, 6.45) is 6.69. The predicted molar refractivity (Wildman–Crippen MR) is 85.4 cm³/mol. The van der Waals surface area contributed by atoms with Crippen molar-refractivity contribution in [2.45, 2.75) is 32.6 Å². The van der Waals surface area contributed by atoms with Gasteiger partial charge in [-0.15, -0.1) is 0 Å². The molecule has 21 heavy (non-hydrogen) atoms. The zero-order valence-electron chi connectivity index (χ0n) is 13.4. The molecule has 1 N–H and O–H groups in total. The molecule has 1 aliphatic heterocycles. The highest BCUT2D eigenvalue weighted by atomic mass is 15.3. The maximum absolute atomic E-state index is 4.85. The van der Waals surface area contributed by atoms with Gasteiger partial charge in [0.25, 0.3) is 0 Å². The topological polar surface area (TPSA) is 45.5 Å². The third-order valence-corrected chi connectivity index (χ3v) is 4.77. The number of aryl methyl sites for hydroxylation is 1. The van der Waals surface area contributed by atoms with Gasteiger partial charge in [-0.1, -0.05) is 6.92 Å². The second-order valence-electron chi connectivity index (χ2n) is 6.55. The van der Waals surface area contributed by atoms with Crippen molar-refractivity contribution in [1.29, 1.82) is 0 Å². The van der Waals surface area contributed by atoms with Crippen molar-refractivity contribution in [3.8, 4) is 0 Å². The lowest BCUT2D eigenvalue weighted by Gasteiger charge is -2.21. The second-order valence-corrected chi connectivity index (χ2v) is 6.55. The van der Waals surface area contributed by atoms with Crippen molar-refractivity contribution in [2.75, 3.05) is 26.2 Å². The lowest BCUT2D eigenvalue weighted by atomic mass is 10.0. The molecular weight excluding hydrogens is 262 g/mol. The average Bonchev–Trinajstić information content (AvgIpc) is 2.87. The molecule has 1 aromatic heterocycles. The Kier molecular flexibility index (Phi) is 4.17. The Hall–Kier alpha value is -1.52. The molecule has 3 atom stereocenters. The van der Waals surface area contributed by atoms with Crippen molar-refractivity contribution < 1.29 is 0 Å². The molecule has 1 aliphatic carbocycles. The summed E-state index contributed by atoms with van der Waals surface area (Å²) in [5.41, 5.74) is 1.35. The number of aliphatic imine (C=N–C) groups is 1. The summed E-state index contributed by atoms with van der Waals surface area (Å²) in [6, 6.07) is 0. The number of likely N-dealkylation sites (tertiary alicyclic amines) is 1. The summed E-state index contributed by atoms with van der Waals surface area (Å²) < 4.78 is 1.89. The van der Waals surface area contributed by atoms with Crippen LogP contribution < -0.4 is 5.32 Å². The molecule has 0 amide bonds. The van der Waals surface area contributed by atoms with E-state index in [1.54, 1.807) is 0 Å². The summed E-state index contributed by atoms with van der Waals surface area (Å²) >= 11 is 0. The van der Waals surface area contributed by atoms with Gasteiger partial charge in [-0.2, -0.15) is 5.10 Å². The number of nitrogens with one attached hydrogen (secondary N) is 1. The van der Waals surface area contributed by atoms with Gasteiger partial charge in [0.05, 0.1) is 6.20 Å². The Labute approximate surface area is 127 Å². The molecule has 5 nitrogen and oxygen atoms in total. The Balaban J connectivity index is 1.61. The summed E-state index contributed by atoms with van der Waals surface area (Å²) in [5, 5.41) is 7.75. The standard InChI is InChI=1S/C16H27N5/c1-4-17-16(18-8-14-7-12(14)2)21-6-5-13(11-21)15-9-19-20(3)10-15/h9-10,12-14H,4-8,11H2,1-3H3,(H,17,18). The van der Waals surface area contributed by atoms with E-state index in [1.165, 1.54) is 18.4 Å². The van der Waals surface area contributed by atoms with Crippen LogP contribution in [0.4, 0.5) is 0 Å². The van der Waals surface area contributed by atoms with Crippen LogP contribution in [0, 0.1) is 11.8 Å². The number of hydrogen-bond acceptors (Lipinski definition) is 2. The summed E-state index contributed by atoms with van der Waals surface area (Å²) in [6.45, 7) is 8.53. The van der Waals surface area contributed by atoms with Gasteiger partial charge < -0.3 is 10.2 Å². The van der Waals surface area contributed by atoms with E-state index in [4.69, 9.17) is 4.99 Å². The lowest BCUT2D eigenvalue weighted by molar-refractivity contribution is 0.485. The largest absolute Gasteiger partial charge is 0.357 e. The molecule has 1 saturated heterocycles. The lowest BCUT2D eigenvalue weighted by Crippen LogP contribution is -2.40. The minimum absolute atomic E-state index is 0.586. The fourth-order valence-electron chi connectivity index (χ4n) is 3.16. The quantitative estimate of drug-likeness (QED) is 0.679. The number of guanidine groups is 1. The zero-order chi connectivity index (χ0) is 14.8. The molecular formula is C16H27N5. The molecule has 2 fully saturated rings. The van der Waals surface area contributed by atoms with Gasteiger partial charge in [-0.05, 0) is 37.2 Å². The van der Waals surface area contributed by atoms with Gasteiger partial charge in [0.2, 0.25) is 0 Å². The van der Waals surface area contributed by atoms with Gasteiger partial charge in [-0.25, -0.2) is 0 Å². The number of nitrogens with zero attached hydrogens (tertiary/aromatic N) is 4. The van der Waals surface area contributed by atoms with Crippen molar-refractivity contribution >= 4 is 5.96 Å². The normalized spacial score (nSPS) is 29.0. The molecule has 0 spiro atoms. The monoisotopic (exact) mass is 289 g/mol. The highest BCUT2D eigenvalue weighted by Crippen LogP contribution is 2.37. The molecule has 116 valence electrons. The summed E-state index contributed by atoms with van der Waals surface area (Å²) in [5.74, 6) is 3.37. The van der Waals surface area contributed by atoms with E-state index in [2.05, 4.69) is 35.4 Å². The fourth-order valence-corrected chi connectivity index (χ4v) is 3.16. The van der Waals surface area contributed by atoms with E-state index < -0.39 is 0 Å². The molecule has 0 aromatic carbocycles. The molecule has 0 radical (unpaired) electrons. The van der Waals surface area contributed by atoms with Crippen LogP contribution in [0.5, 0.6) is 0 Å². The Morgan fingerprint density at radius 2 is 2.33 bits per heavy atom. The maximum atomic E-state index is 4.85. The fraction of sp³-hybridized carbons (Fsp3) is 0.750. The average molecular weight is 289 g/mol. The highest BCUT2D eigenvalue weighted by Gasteiger charge is 2.33. The number of hydrogen-bond donors (Lipinski definition) is 1. The zero-order valence-corrected chi connectivity index (χ0v) is 13.4. The van der Waals surface area contributed by atoms with Gasteiger partial charge in [0.1, 0.15) is 0 Å². The van der Waals surface area contributed by atoms with E-state index >= 15 is 0 Å². The first-order valence-electron chi connectivity index (χ1n) is 8.19. The van der Waals surface area contributed by atoms with Gasteiger partial charge in [0, 0.05) is 45.3 Å². The first-order chi connectivity index (χ1) is 10.2. The van der Waals surface area contributed by atoms with E-state index in [0.717, 1.165) is 44.0 Å². The molecule has 3 rings (SSSR count). The molecule has 0 bridgehead atoms. The third kappa shape index (κ3) is 3.39. The Morgan fingerprint density at radius 3 is 2.95 bits per heavy atom. The van der Waals surface area contributed by atoms with E-state index in [0.29, 0.717) is 5.92 Å². The number of rotatable bonds is 4. The molecule has 5 heteroatoms. The summed E-state index contributed by atoms with van der Waals surface area (Å²) in [4.78, 5) is 7.26. The highest BCUT2D eigenvalue weighted by molar-refractivity contribution is 5.80. The minimum Gasteiger partial charge on any atom is -0.357 e. The van der Waals surface area contributed by atoms with Gasteiger partial charge in [0.15, 0.2) is 5.96 Å². The third-order valence-electron chi connectivity index (χ3n) is 4.77. The van der Waals surface area contributed by atoms with E-state index in [1.807, 2.05) is 17.9 Å². The molecule has 2 aliphatic rings. The van der Waals surface area contributed by atoms with Crippen LogP contribution in [-0.2, 0) is 7.05 Å². The van der Waals surface area contributed by atoms with Crippen LogP contribution in [-0.4, -0.2) is 46.8 Å². The van der Waals surface area contributed by atoms with Crippen LogP contribution in [0.1, 0.15) is 38.2 Å². The van der Waals surface area contributed by atoms with Crippen LogP contribution in [0.2, 0.25) is 0 Å². The second kappa shape index (κ2) is 6.08.